The molecule has 15 heavy (non-hydrogen) atoms. The lowest BCUT2D eigenvalue weighted by atomic mass is 10.1. The molecule has 2 rings (SSSR count). The molecule has 2 heteroatoms. The van der Waals surface area contributed by atoms with Gasteiger partial charge in [0.1, 0.15) is 11.3 Å². The molecule has 0 spiro atoms. The number of nitriles is 1. The van der Waals surface area contributed by atoms with Crippen LogP contribution in [0, 0.1) is 11.3 Å². The van der Waals surface area contributed by atoms with Crippen LogP contribution in [0.4, 0.5) is 0 Å². The second-order valence-corrected chi connectivity index (χ2v) is 3.68. The van der Waals surface area contributed by atoms with Crippen molar-refractivity contribution < 1.29 is 4.42 Å². The van der Waals surface area contributed by atoms with Crippen LogP contribution in [0.5, 0.6) is 0 Å². The number of fused-ring (bicyclic) bond motifs is 1. The van der Waals surface area contributed by atoms with Crippen molar-refractivity contribution in [1.82, 2.24) is 0 Å². The second kappa shape index (κ2) is 4.18. The van der Waals surface area contributed by atoms with Crippen LogP contribution in [0.3, 0.4) is 0 Å². The molecule has 2 aromatic rings. The smallest absolute Gasteiger partial charge is 0.135 e. The third-order valence-electron chi connectivity index (χ3n) is 2.48. The summed E-state index contributed by atoms with van der Waals surface area (Å²) in [5, 5.41) is 9.84. The Morgan fingerprint density at radius 1 is 1.33 bits per heavy atom. The quantitative estimate of drug-likeness (QED) is 0.756. The number of nitrogens with zero attached hydrogens (tertiary/aromatic N) is 1. The van der Waals surface area contributed by atoms with Crippen LogP contribution in [0.2, 0.25) is 0 Å². The molecular weight excluding hydrogens is 186 g/mol. The molecule has 0 aliphatic carbocycles. The van der Waals surface area contributed by atoms with E-state index in [2.05, 4.69) is 19.1 Å². The van der Waals surface area contributed by atoms with E-state index in [9.17, 15) is 0 Å². The Labute approximate surface area is 89.1 Å². The highest BCUT2D eigenvalue weighted by molar-refractivity contribution is 5.79. The minimum atomic E-state index is 0.652. The van der Waals surface area contributed by atoms with Crippen LogP contribution < -0.4 is 0 Å². The van der Waals surface area contributed by atoms with Gasteiger partial charge in [0.05, 0.1) is 11.6 Å². The lowest BCUT2D eigenvalue weighted by Crippen LogP contribution is -1.78. The molecule has 76 valence electrons. The minimum absolute atomic E-state index is 0.652. The first-order valence-corrected chi connectivity index (χ1v) is 5.26. The van der Waals surface area contributed by atoms with Gasteiger partial charge in [-0.05, 0) is 30.7 Å². The Kier molecular flexibility index (Phi) is 2.73. The van der Waals surface area contributed by atoms with E-state index in [0.29, 0.717) is 5.56 Å². The summed E-state index contributed by atoms with van der Waals surface area (Å²) < 4.78 is 5.66. The van der Waals surface area contributed by atoms with Crippen molar-refractivity contribution in [1.29, 1.82) is 5.26 Å². The second-order valence-electron chi connectivity index (χ2n) is 3.68. The molecule has 1 heterocycles. The normalized spacial score (nSPS) is 10.4. The molecule has 0 N–H and O–H groups in total. The fourth-order valence-corrected chi connectivity index (χ4v) is 1.63. The van der Waals surface area contributed by atoms with E-state index in [1.807, 2.05) is 12.1 Å². The van der Waals surface area contributed by atoms with E-state index in [4.69, 9.17) is 9.68 Å². The fraction of sp³-hybridized carbons (Fsp3) is 0.308. The molecular formula is C13H13NO. The predicted octanol–water partition coefficient (Wildman–Crippen LogP) is 3.65. The molecule has 1 aromatic carbocycles. The molecule has 2 nitrogen and oxygen atoms in total. The van der Waals surface area contributed by atoms with E-state index in [1.165, 1.54) is 6.42 Å². The van der Waals surface area contributed by atoms with E-state index >= 15 is 0 Å². The zero-order valence-electron chi connectivity index (χ0n) is 8.79. The lowest BCUT2D eigenvalue weighted by Gasteiger charge is -1.91. The van der Waals surface area contributed by atoms with Crippen LogP contribution in [0.15, 0.2) is 28.7 Å². The Hall–Kier alpha value is -1.75. The largest absolute Gasteiger partial charge is 0.461 e. The summed E-state index contributed by atoms with van der Waals surface area (Å²) in [4.78, 5) is 0. The summed E-state index contributed by atoms with van der Waals surface area (Å²) in [5.41, 5.74) is 1.47. The number of unbranched alkanes of at least 4 members (excludes halogenated alkanes) is 1. The molecule has 1 aromatic heterocycles. The number of benzene rings is 1. The summed E-state index contributed by atoms with van der Waals surface area (Å²) in [7, 11) is 0. The van der Waals surface area contributed by atoms with E-state index in [1.54, 1.807) is 6.07 Å². The topological polar surface area (TPSA) is 36.9 Å². The van der Waals surface area contributed by atoms with Crippen molar-refractivity contribution in [2.24, 2.45) is 0 Å². The maximum atomic E-state index is 8.75. The van der Waals surface area contributed by atoms with Crippen molar-refractivity contribution in [2.75, 3.05) is 0 Å². The summed E-state index contributed by atoms with van der Waals surface area (Å²) in [5.74, 6) is 1.02. The van der Waals surface area contributed by atoms with Gasteiger partial charge >= 0.3 is 0 Å². The van der Waals surface area contributed by atoms with Crippen molar-refractivity contribution >= 4 is 11.0 Å². The molecule has 0 aliphatic heterocycles. The molecule has 0 amide bonds. The third-order valence-corrected chi connectivity index (χ3v) is 2.48. The molecule has 0 unspecified atom stereocenters. The van der Waals surface area contributed by atoms with Crippen molar-refractivity contribution in [2.45, 2.75) is 26.2 Å². The van der Waals surface area contributed by atoms with Gasteiger partial charge in [0, 0.05) is 11.8 Å². The standard InChI is InChI=1S/C13H13NO/c1-2-3-4-12-8-11-6-5-10(9-14)7-13(11)15-12/h5-8H,2-4H2,1H3. The fourth-order valence-electron chi connectivity index (χ4n) is 1.63. The average Bonchev–Trinajstić information content (AvgIpc) is 2.67. The van der Waals surface area contributed by atoms with E-state index in [0.717, 1.165) is 29.6 Å². The molecule has 0 fully saturated rings. The number of rotatable bonds is 3. The third kappa shape index (κ3) is 2.02. The Bertz CT molecular complexity index is 505. The summed E-state index contributed by atoms with van der Waals surface area (Å²) in [6.07, 6.45) is 3.29. The van der Waals surface area contributed by atoms with Crippen molar-refractivity contribution in [3.05, 3.63) is 35.6 Å². The highest BCUT2D eigenvalue weighted by Crippen LogP contribution is 2.21. The van der Waals surface area contributed by atoms with Gasteiger partial charge in [-0.25, -0.2) is 0 Å². The van der Waals surface area contributed by atoms with Gasteiger partial charge < -0.3 is 4.42 Å². The SMILES string of the molecule is CCCCc1cc2ccc(C#N)cc2o1. The summed E-state index contributed by atoms with van der Waals surface area (Å²) in [6.45, 7) is 2.16. The predicted molar refractivity (Wildman–Crippen MR) is 59.5 cm³/mol. The van der Waals surface area contributed by atoms with Gasteiger partial charge in [-0.1, -0.05) is 13.3 Å². The molecule has 0 atom stereocenters. The highest BCUT2D eigenvalue weighted by Gasteiger charge is 2.03. The zero-order valence-corrected chi connectivity index (χ0v) is 8.79. The van der Waals surface area contributed by atoms with Crippen molar-refractivity contribution in [3.8, 4) is 6.07 Å². The molecule has 0 bridgehead atoms. The number of hydrogen-bond acceptors (Lipinski definition) is 2. The number of aryl methyl sites for hydroxylation is 1. The van der Waals surface area contributed by atoms with Gasteiger partial charge in [0.2, 0.25) is 0 Å². The van der Waals surface area contributed by atoms with Crippen LogP contribution in [0.1, 0.15) is 31.1 Å². The van der Waals surface area contributed by atoms with Crippen LogP contribution in [-0.4, -0.2) is 0 Å². The molecule has 0 saturated heterocycles. The maximum absolute atomic E-state index is 8.75. The van der Waals surface area contributed by atoms with E-state index < -0.39 is 0 Å². The first-order valence-electron chi connectivity index (χ1n) is 5.26. The van der Waals surface area contributed by atoms with Gasteiger partial charge in [0.25, 0.3) is 0 Å². The maximum Gasteiger partial charge on any atom is 0.135 e. The highest BCUT2D eigenvalue weighted by atomic mass is 16.3. The van der Waals surface area contributed by atoms with Crippen LogP contribution in [-0.2, 0) is 6.42 Å². The average molecular weight is 199 g/mol. The molecule has 0 radical (unpaired) electrons. The first kappa shape index (κ1) is 9.79. The monoisotopic (exact) mass is 199 g/mol. The van der Waals surface area contributed by atoms with Gasteiger partial charge in [-0.15, -0.1) is 0 Å². The minimum Gasteiger partial charge on any atom is -0.461 e. The summed E-state index contributed by atoms with van der Waals surface area (Å²) >= 11 is 0. The first-order chi connectivity index (χ1) is 7.33. The summed E-state index contributed by atoms with van der Waals surface area (Å²) in [6, 6.07) is 9.73. The van der Waals surface area contributed by atoms with Crippen LogP contribution >= 0.6 is 0 Å². The van der Waals surface area contributed by atoms with Gasteiger partial charge in [-0.3, -0.25) is 0 Å². The molecule has 0 saturated carbocycles. The number of hydrogen-bond donors (Lipinski definition) is 0. The van der Waals surface area contributed by atoms with E-state index in [-0.39, 0.29) is 0 Å². The van der Waals surface area contributed by atoms with Crippen molar-refractivity contribution in [3.63, 3.8) is 0 Å². The van der Waals surface area contributed by atoms with Gasteiger partial charge in [0.15, 0.2) is 0 Å². The molecule has 0 aliphatic rings. The zero-order chi connectivity index (χ0) is 10.7. The Morgan fingerprint density at radius 2 is 2.20 bits per heavy atom. The number of furan rings is 1. The lowest BCUT2D eigenvalue weighted by molar-refractivity contribution is 0.536. The van der Waals surface area contributed by atoms with Crippen LogP contribution in [0.25, 0.3) is 11.0 Å². The van der Waals surface area contributed by atoms with Gasteiger partial charge in [-0.2, -0.15) is 5.26 Å². The Balaban J connectivity index is 2.34. The Morgan fingerprint density at radius 3 is 2.93 bits per heavy atom.